The molecule has 0 N–H and O–H groups in total. The monoisotopic (exact) mass is 171 g/mol. The molecule has 1 fully saturated rings. The fourth-order valence-electron chi connectivity index (χ4n) is 1.66. The first-order valence-electron chi connectivity index (χ1n) is 4.95. The first kappa shape index (κ1) is 10.0. The van der Waals surface area contributed by atoms with Crippen molar-refractivity contribution in [2.45, 2.75) is 45.3 Å². The molecule has 1 saturated carbocycles. The summed E-state index contributed by atoms with van der Waals surface area (Å²) in [5, 5.41) is 0. The lowest BCUT2D eigenvalue weighted by Gasteiger charge is -2.28. The summed E-state index contributed by atoms with van der Waals surface area (Å²) in [6.45, 7) is 5.69. The normalized spacial score (nSPS) is 30.5. The average molecular weight is 171 g/mol. The highest BCUT2D eigenvalue weighted by atomic mass is 16.5. The Kier molecular flexibility index (Phi) is 4.62. The van der Waals surface area contributed by atoms with Gasteiger partial charge in [-0.25, -0.2) is 0 Å². The molecule has 0 spiro atoms. The van der Waals surface area contributed by atoms with Crippen molar-refractivity contribution in [2.24, 2.45) is 0 Å². The maximum Gasteiger partial charge on any atom is 0.0632 e. The third kappa shape index (κ3) is 3.11. The van der Waals surface area contributed by atoms with Crippen LogP contribution in [0, 0.1) is 6.42 Å². The third-order valence-electron chi connectivity index (χ3n) is 2.17. The Labute approximate surface area is 75.2 Å². The van der Waals surface area contributed by atoms with Gasteiger partial charge in [0.2, 0.25) is 0 Å². The molecule has 0 aromatic carbocycles. The summed E-state index contributed by atoms with van der Waals surface area (Å²) in [6.07, 6.45) is 6.43. The molecule has 12 heavy (non-hydrogen) atoms. The summed E-state index contributed by atoms with van der Waals surface area (Å²) in [7, 11) is 0. The summed E-state index contributed by atoms with van der Waals surface area (Å²) in [6, 6.07) is 0. The fraction of sp³-hybridized carbons (Fsp3) is 0.900. The van der Waals surface area contributed by atoms with Crippen LogP contribution in [-0.2, 0) is 9.47 Å². The van der Waals surface area contributed by atoms with Crippen molar-refractivity contribution in [1.82, 2.24) is 0 Å². The zero-order chi connectivity index (χ0) is 8.81. The van der Waals surface area contributed by atoms with E-state index in [2.05, 4.69) is 6.42 Å². The van der Waals surface area contributed by atoms with Crippen LogP contribution in [-0.4, -0.2) is 25.4 Å². The largest absolute Gasteiger partial charge is 0.378 e. The molecular formula is C10H19O2. The Hall–Kier alpha value is -0.0800. The second-order valence-corrected chi connectivity index (χ2v) is 3.11. The van der Waals surface area contributed by atoms with Gasteiger partial charge >= 0.3 is 0 Å². The van der Waals surface area contributed by atoms with Crippen LogP contribution in [0.2, 0.25) is 0 Å². The molecule has 1 aliphatic carbocycles. The molecule has 0 bridgehead atoms. The topological polar surface area (TPSA) is 18.5 Å². The summed E-state index contributed by atoms with van der Waals surface area (Å²) >= 11 is 0. The van der Waals surface area contributed by atoms with Crippen molar-refractivity contribution < 1.29 is 9.47 Å². The highest BCUT2D eigenvalue weighted by Crippen LogP contribution is 2.22. The van der Waals surface area contributed by atoms with Crippen molar-refractivity contribution in [3.8, 4) is 0 Å². The molecule has 0 aliphatic heterocycles. The molecule has 2 nitrogen and oxygen atoms in total. The molecule has 0 aromatic heterocycles. The van der Waals surface area contributed by atoms with Gasteiger partial charge in [0.05, 0.1) is 12.2 Å². The van der Waals surface area contributed by atoms with Crippen molar-refractivity contribution in [2.75, 3.05) is 13.2 Å². The minimum atomic E-state index is 0.334. The maximum atomic E-state index is 5.52. The van der Waals surface area contributed by atoms with Gasteiger partial charge in [0.25, 0.3) is 0 Å². The molecule has 71 valence electrons. The molecule has 0 aromatic rings. The molecule has 1 aliphatic rings. The second-order valence-electron chi connectivity index (χ2n) is 3.11. The average Bonchev–Trinajstić information content (AvgIpc) is 2.06. The fourth-order valence-corrected chi connectivity index (χ4v) is 1.66. The van der Waals surface area contributed by atoms with Crippen LogP contribution in [0.5, 0.6) is 0 Å². The van der Waals surface area contributed by atoms with Gasteiger partial charge in [0.15, 0.2) is 0 Å². The Morgan fingerprint density at radius 2 is 1.58 bits per heavy atom. The van der Waals surface area contributed by atoms with E-state index in [9.17, 15) is 0 Å². The zero-order valence-electron chi connectivity index (χ0n) is 8.08. The maximum absolute atomic E-state index is 5.52. The first-order valence-corrected chi connectivity index (χ1v) is 4.95. The van der Waals surface area contributed by atoms with Crippen LogP contribution in [0.3, 0.4) is 0 Å². The highest BCUT2D eigenvalue weighted by molar-refractivity contribution is 4.90. The highest BCUT2D eigenvalue weighted by Gasteiger charge is 2.22. The van der Waals surface area contributed by atoms with E-state index >= 15 is 0 Å². The number of hydrogen-bond acceptors (Lipinski definition) is 2. The van der Waals surface area contributed by atoms with Gasteiger partial charge < -0.3 is 9.47 Å². The van der Waals surface area contributed by atoms with E-state index in [1.165, 1.54) is 6.42 Å². The van der Waals surface area contributed by atoms with E-state index in [1.54, 1.807) is 0 Å². The van der Waals surface area contributed by atoms with Gasteiger partial charge in [-0.15, -0.1) is 0 Å². The van der Waals surface area contributed by atoms with Gasteiger partial charge in [-0.1, -0.05) is 0 Å². The van der Waals surface area contributed by atoms with Crippen LogP contribution < -0.4 is 0 Å². The van der Waals surface area contributed by atoms with Crippen LogP contribution in [0.1, 0.15) is 33.1 Å². The Balaban J connectivity index is 2.20. The molecular weight excluding hydrogens is 152 g/mol. The molecule has 2 atom stereocenters. The van der Waals surface area contributed by atoms with Crippen molar-refractivity contribution in [1.29, 1.82) is 0 Å². The molecule has 0 amide bonds. The third-order valence-corrected chi connectivity index (χ3v) is 2.17. The SMILES string of the molecule is CCOC1[CH]C(OCC)CCC1. The lowest BCUT2D eigenvalue weighted by Crippen LogP contribution is -2.29. The Morgan fingerprint density at radius 3 is 2.00 bits per heavy atom. The van der Waals surface area contributed by atoms with Crippen LogP contribution >= 0.6 is 0 Å². The van der Waals surface area contributed by atoms with Gasteiger partial charge in [0, 0.05) is 19.6 Å². The van der Waals surface area contributed by atoms with E-state index in [0.717, 1.165) is 26.1 Å². The standard InChI is InChI=1S/C10H19O2/c1-3-11-9-6-5-7-10(8-9)12-4-2/h8-10H,3-7H2,1-2H3. The van der Waals surface area contributed by atoms with Crippen molar-refractivity contribution >= 4 is 0 Å². The van der Waals surface area contributed by atoms with E-state index in [4.69, 9.17) is 9.47 Å². The van der Waals surface area contributed by atoms with Gasteiger partial charge in [-0.2, -0.15) is 0 Å². The van der Waals surface area contributed by atoms with Gasteiger partial charge in [0.1, 0.15) is 0 Å². The number of hydrogen-bond donors (Lipinski definition) is 0. The molecule has 1 radical (unpaired) electrons. The van der Waals surface area contributed by atoms with Crippen LogP contribution in [0.25, 0.3) is 0 Å². The zero-order valence-corrected chi connectivity index (χ0v) is 8.08. The smallest absolute Gasteiger partial charge is 0.0632 e. The van der Waals surface area contributed by atoms with Gasteiger partial charge in [-0.3, -0.25) is 0 Å². The first-order chi connectivity index (χ1) is 5.86. The molecule has 0 saturated heterocycles. The van der Waals surface area contributed by atoms with Crippen molar-refractivity contribution in [3.05, 3.63) is 6.42 Å². The summed E-state index contributed by atoms with van der Waals surface area (Å²) < 4.78 is 11.0. The lowest BCUT2D eigenvalue weighted by atomic mass is 9.95. The van der Waals surface area contributed by atoms with Crippen molar-refractivity contribution in [3.63, 3.8) is 0 Å². The summed E-state index contributed by atoms with van der Waals surface area (Å²) in [5.41, 5.74) is 0. The quantitative estimate of drug-likeness (QED) is 0.645. The lowest BCUT2D eigenvalue weighted by molar-refractivity contribution is 0.00397. The van der Waals surface area contributed by atoms with E-state index in [1.807, 2.05) is 13.8 Å². The van der Waals surface area contributed by atoms with Gasteiger partial charge in [-0.05, 0) is 33.1 Å². The number of ether oxygens (including phenoxy) is 2. The summed E-state index contributed by atoms with van der Waals surface area (Å²) in [5.74, 6) is 0. The Bertz CT molecular complexity index is 98.4. The predicted octanol–water partition coefficient (Wildman–Crippen LogP) is 2.18. The Morgan fingerprint density at radius 1 is 1.08 bits per heavy atom. The summed E-state index contributed by atoms with van der Waals surface area (Å²) in [4.78, 5) is 0. The van der Waals surface area contributed by atoms with Crippen LogP contribution in [0.4, 0.5) is 0 Å². The predicted molar refractivity (Wildman–Crippen MR) is 49.0 cm³/mol. The van der Waals surface area contributed by atoms with E-state index < -0.39 is 0 Å². The minimum Gasteiger partial charge on any atom is -0.378 e. The second kappa shape index (κ2) is 5.55. The molecule has 1 rings (SSSR count). The molecule has 2 heteroatoms. The van der Waals surface area contributed by atoms with E-state index in [-0.39, 0.29) is 0 Å². The number of rotatable bonds is 4. The molecule has 0 heterocycles. The molecule has 2 unspecified atom stereocenters. The van der Waals surface area contributed by atoms with E-state index in [0.29, 0.717) is 12.2 Å². The minimum absolute atomic E-state index is 0.334. The van der Waals surface area contributed by atoms with Crippen LogP contribution in [0.15, 0.2) is 0 Å².